The number of hydrogen-bond acceptors (Lipinski definition) is 2. The molecule has 1 aromatic rings. The third-order valence-corrected chi connectivity index (χ3v) is 1.93. The summed E-state index contributed by atoms with van der Waals surface area (Å²) in [5, 5.41) is 7.17. The third-order valence-electron chi connectivity index (χ3n) is 1.93. The number of ether oxygens (including phenoxy) is 1. The van der Waals surface area contributed by atoms with Gasteiger partial charge < -0.3 is 10.5 Å². The molecule has 0 saturated heterocycles. The van der Waals surface area contributed by atoms with E-state index < -0.39 is 0 Å². The van der Waals surface area contributed by atoms with Gasteiger partial charge in [-0.1, -0.05) is 6.07 Å². The largest absolute Gasteiger partial charge is 0.497 e. The fraction of sp³-hybridized carbons (Fsp3) is 0.300. The van der Waals surface area contributed by atoms with E-state index in [1.165, 1.54) is 0 Å². The van der Waals surface area contributed by atoms with E-state index in [0.29, 0.717) is 6.42 Å². The fourth-order valence-electron chi connectivity index (χ4n) is 1.20. The van der Waals surface area contributed by atoms with Crippen LogP contribution in [-0.2, 0) is 6.42 Å². The lowest BCUT2D eigenvalue weighted by molar-refractivity contribution is 0.414. The average Bonchev–Trinajstić information content (AvgIpc) is 2.08. The van der Waals surface area contributed by atoms with Crippen molar-refractivity contribution in [2.75, 3.05) is 7.11 Å². The number of nitrogens with two attached hydrogens (primary N) is 1. The zero-order chi connectivity index (χ0) is 9.84. The monoisotopic (exact) mass is 178 g/mol. The minimum atomic E-state index is 0.188. The van der Waals surface area contributed by atoms with E-state index in [1.807, 2.05) is 25.1 Å². The predicted molar refractivity (Wildman–Crippen MR) is 53.3 cm³/mol. The molecular formula is C10H14N2O. The molecule has 0 atom stereocenters. The lowest BCUT2D eigenvalue weighted by atomic mass is 10.1. The number of rotatable bonds is 3. The molecule has 0 fully saturated rings. The van der Waals surface area contributed by atoms with Crippen LogP contribution in [0.3, 0.4) is 0 Å². The van der Waals surface area contributed by atoms with Crippen molar-refractivity contribution in [3.63, 3.8) is 0 Å². The molecule has 0 bridgehead atoms. The summed E-state index contributed by atoms with van der Waals surface area (Å²) in [7, 11) is 1.64. The summed E-state index contributed by atoms with van der Waals surface area (Å²) in [6, 6.07) is 5.76. The molecular weight excluding hydrogens is 164 g/mol. The van der Waals surface area contributed by atoms with Gasteiger partial charge in [-0.2, -0.15) is 0 Å². The Kier molecular flexibility index (Phi) is 2.90. The molecule has 3 N–H and O–H groups in total. The molecule has 0 spiro atoms. The van der Waals surface area contributed by atoms with Crippen molar-refractivity contribution in [1.82, 2.24) is 0 Å². The molecule has 3 nitrogen and oxygen atoms in total. The van der Waals surface area contributed by atoms with Crippen LogP contribution in [0.5, 0.6) is 5.75 Å². The normalized spacial score (nSPS) is 9.69. The van der Waals surface area contributed by atoms with E-state index in [-0.39, 0.29) is 5.84 Å². The number of hydrogen-bond donors (Lipinski definition) is 2. The lowest BCUT2D eigenvalue weighted by Crippen LogP contribution is -2.13. The molecule has 3 heteroatoms. The first-order valence-electron chi connectivity index (χ1n) is 4.10. The zero-order valence-corrected chi connectivity index (χ0v) is 7.92. The van der Waals surface area contributed by atoms with Crippen LogP contribution in [0.1, 0.15) is 11.1 Å². The van der Waals surface area contributed by atoms with E-state index in [4.69, 9.17) is 15.9 Å². The molecule has 70 valence electrons. The summed E-state index contributed by atoms with van der Waals surface area (Å²) in [4.78, 5) is 0. The Bertz CT molecular complexity index is 321. The minimum Gasteiger partial charge on any atom is -0.497 e. The SMILES string of the molecule is COc1ccc(CC(=N)N)c(C)c1. The standard InChI is InChI=1S/C10H14N2O/c1-7-5-9(13-2)4-3-8(7)6-10(11)12/h3-5H,6H2,1-2H3,(H3,11,12). The second-order valence-corrected chi connectivity index (χ2v) is 2.99. The number of nitrogens with one attached hydrogen (secondary N) is 1. The molecule has 0 aliphatic heterocycles. The van der Waals surface area contributed by atoms with Crippen molar-refractivity contribution in [2.24, 2.45) is 5.73 Å². The molecule has 0 radical (unpaired) electrons. The minimum absolute atomic E-state index is 0.188. The Morgan fingerprint density at radius 1 is 1.54 bits per heavy atom. The smallest absolute Gasteiger partial charge is 0.119 e. The summed E-state index contributed by atoms with van der Waals surface area (Å²) < 4.78 is 5.07. The maximum Gasteiger partial charge on any atom is 0.119 e. The highest BCUT2D eigenvalue weighted by atomic mass is 16.5. The molecule has 0 aromatic heterocycles. The quantitative estimate of drug-likeness (QED) is 0.544. The van der Waals surface area contributed by atoms with Crippen LogP contribution in [0.4, 0.5) is 0 Å². The van der Waals surface area contributed by atoms with Crippen LogP contribution in [-0.4, -0.2) is 12.9 Å². The van der Waals surface area contributed by atoms with Crippen molar-refractivity contribution in [3.05, 3.63) is 29.3 Å². The summed E-state index contributed by atoms with van der Waals surface area (Å²) in [5.74, 6) is 1.03. The number of benzene rings is 1. The van der Waals surface area contributed by atoms with Gasteiger partial charge in [-0.15, -0.1) is 0 Å². The van der Waals surface area contributed by atoms with Crippen LogP contribution in [0.2, 0.25) is 0 Å². The van der Waals surface area contributed by atoms with Crippen molar-refractivity contribution >= 4 is 5.84 Å². The zero-order valence-electron chi connectivity index (χ0n) is 7.92. The molecule has 1 rings (SSSR count). The number of methoxy groups -OCH3 is 1. The fourth-order valence-corrected chi connectivity index (χ4v) is 1.20. The third kappa shape index (κ3) is 2.47. The van der Waals surface area contributed by atoms with Gasteiger partial charge in [0, 0.05) is 6.42 Å². The van der Waals surface area contributed by atoms with Gasteiger partial charge in [0.25, 0.3) is 0 Å². The molecule has 0 aliphatic carbocycles. The number of aryl methyl sites for hydroxylation is 1. The van der Waals surface area contributed by atoms with Gasteiger partial charge in [0.2, 0.25) is 0 Å². The van der Waals surface area contributed by atoms with Gasteiger partial charge >= 0.3 is 0 Å². The summed E-state index contributed by atoms with van der Waals surface area (Å²) in [5.41, 5.74) is 7.50. The first-order valence-corrected chi connectivity index (χ1v) is 4.10. The van der Waals surface area contributed by atoms with Crippen LogP contribution in [0.25, 0.3) is 0 Å². The Morgan fingerprint density at radius 3 is 2.69 bits per heavy atom. The summed E-state index contributed by atoms with van der Waals surface area (Å²) in [6.45, 7) is 1.99. The van der Waals surface area contributed by atoms with Crippen molar-refractivity contribution in [1.29, 1.82) is 5.41 Å². The lowest BCUT2D eigenvalue weighted by Gasteiger charge is -2.06. The Labute approximate surface area is 78.0 Å². The van der Waals surface area contributed by atoms with Crippen LogP contribution in [0, 0.1) is 12.3 Å². The molecule has 0 heterocycles. The second-order valence-electron chi connectivity index (χ2n) is 2.99. The Morgan fingerprint density at radius 2 is 2.23 bits per heavy atom. The maximum atomic E-state index is 7.17. The first kappa shape index (κ1) is 9.58. The van der Waals surface area contributed by atoms with Gasteiger partial charge in [0.15, 0.2) is 0 Å². The first-order chi connectivity index (χ1) is 6.13. The van der Waals surface area contributed by atoms with Gasteiger partial charge in [-0.05, 0) is 30.2 Å². The Hall–Kier alpha value is -1.51. The van der Waals surface area contributed by atoms with Gasteiger partial charge in [-0.25, -0.2) is 0 Å². The predicted octanol–water partition coefficient (Wildman–Crippen LogP) is 1.48. The second kappa shape index (κ2) is 3.94. The highest BCUT2D eigenvalue weighted by Gasteiger charge is 2.01. The average molecular weight is 178 g/mol. The van der Waals surface area contributed by atoms with Crippen LogP contribution >= 0.6 is 0 Å². The maximum absolute atomic E-state index is 7.17. The van der Waals surface area contributed by atoms with E-state index >= 15 is 0 Å². The van der Waals surface area contributed by atoms with E-state index in [2.05, 4.69) is 0 Å². The summed E-state index contributed by atoms with van der Waals surface area (Å²) >= 11 is 0. The highest BCUT2D eigenvalue weighted by molar-refractivity contribution is 5.79. The molecule has 0 amide bonds. The molecule has 0 unspecified atom stereocenters. The summed E-state index contributed by atoms with van der Waals surface area (Å²) in [6.07, 6.45) is 0.510. The van der Waals surface area contributed by atoms with E-state index in [1.54, 1.807) is 7.11 Å². The van der Waals surface area contributed by atoms with E-state index in [9.17, 15) is 0 Å². The van der Waals surface area contributed by atoms with Crippen LogP contribution in [0.15, 0.2) is 18.2 Å². The van der Waals surface area contributed by atoms with Crippen molar-refractivity contribution in [2.45, 2.75) is 13.3 Å². The van der Waals surface area contributed by atoms with Gasteiger partial charge in [-0.3, -0.25) is 5.41 Å². The Balaban J connectivity index is 2.91. The number of amidine groups is 1. The van der Waals surface area contributed by atoms with Crippen molar-refractivity contribution < 1.29 is 4.74 Å². The molecule has 0 saturated carbocycles. The van der Waals surface area contributed by atoms with Crippen molar-refractivity contribution in [3.8, 4) is 5.75 Å². The topological polar surface area (TPSA) is 59.1 Å². The van der Waals surface area contributed by atoms with Gasteiger partial charge in [0.1, 0.15) is 5.75 Å². The highest BCUT2D eigenvalue weighted by Crippen LogP contribution is 2.16. The van der Waals surface area contributed by atoms with E-state index in [0.717, 1.165) is 16.9 Å². The molecule has 1 aromatic carbocycles. The molecule has 0 aliphatic rings. The molecule has 13 heavy (non-hydrogen) atoms. The van der Waals surface area contributed by atoms with Gasteiger partial charge in [0.05, 0.1) is 12.9 Å². The van der Waals surface area contributed by atoms with Crippen LogP contribution < -0.4 is 10.5 Å².